The Hall–Kier alpha value is -3.10. The lowest BCUT2D eigenvalue weighted by Gasteiger charge is -2.23. The minimum Gasteiger partial charge on any atom is -0.346 e. The normalized spacial score (nSPS) is 14.2. The van der Waals surface area contributed by atoms with Crippen LogP contribution in [-0.2, 0) is 26.2 Å². The van der Waals surface area contributed by atoms with Crippen LogP contribution in [0.1, 0.15) is 16.8 Å². The van der Waals surface area contributed by atoms with Crippen LogP contribution in [0.3, 0.4) is 0 Å². The lowest BCUT2D eigenvalue weighted by atomic mass is 10.0. The van der Waals surface area contributed by atoms with Gasteiger partial charge in [0.05, 0.1) is 22.5 Å². The van der Waals surface area contributed by atoms with E-state index in [0.29, 0.717) is 11.3 Å². The third-order valence-corrected chi connectivity index (χ3v) is 6.17. The largest absolute Gasteiger partial charge is 0.417 e. The molecule has 0 saturated carbocycles. The van der Waals surface area contributed by atoms with E-state index in [1.165, 1.54) is 33.3 Å². The van der Waals surface area contributed by atoms with E-state index in [1.54, 1.807) is 12.3 Å². The lowest BCUT2D eigenvalue weighted by molar-refractivity contribution is -0.137. The molecule has 0 radical (unpaired) electrons. The van der Waals surface area contributed by atoms with Crippen molar-refractivity contribution in [2.24, 2.45) is 7.05 Å². The van der Waals surface area contributed by atoms with E-state index in [-0.39, 0.29) is 18.0 Å². The maximum absolute atomic E-state index is 12.8. The van der Waals surface area contributed by atoms with Crippen molar-refractivity contribution >= 4 is 23.3 Å². The van der Waals surface area contributed by atoms with Crippen LogP contribution < -0.4 is 5.56 Å². The summed E-state index contributed by atoms with van der Waals surface area (Å²) in [5, 5.41) is 1.21. The Morgan fingerprint density at radius 2 is 1.82 bits per heavy atom. The Morgan fingerprint density at radius 1 is 1.03 bits per heavy atom. The van der Waals surface area contributed by atoms with Gasteiger partial charge in [-0.3, -0.25) is 14.3 Å². The predicted octanol–water partition coefficient (Wildman–Crippen LogP) is 4.82. The van der Waals surface area contributed by atoms with Gasteiger partial charge in [0.15, 0.2) is 0 Å². The van der Waals surface area contributed by atoms with Crippen molar-refractivity contribution in [1.82, 2.24) is 19.0 Å². The highest BCUT2D eigenvalue weighted by Crippen LogP contribution is 2.31. The standard InChI is InChI=1S/C24H21F3N4O.ClH/c1-29-9-8-19-18-5-4-17(12-21(18)30(2)22(19)14-29)31-10-7-15(11-23(31)32)20-6-3-16(13-28-20)24(25,26)27;/h3-7,10-13H,8-9,14H2,1-2H3;1H. The molecule has 3 aromatic heterocycles. The van der Waals surface area contributed by atoms with Crippen LogP contribution in [0.5, 0.6) is 0 Å². The zero-order valence-corrected chi connectivity index (χ0v) is 18.9. The number of pyridine rings is 2. The Morgan fingerprint density at radius 3 is 2.48 bits per heavy atom. The molecule has 0 unspecified atom stereocenters. The first kappa shape index (κ1) is 23.1. The van der Waals surface area contributed by atoms with Crippen molar-refractivity contribution in [3.63, 3.8) is 0 Å². The molecule has 4 aromatic rings. The Kier molecular flexibility index (Phi) is 5.84. The maximum Gasteiger partial charge on any atom is 0.417 e. The highest BCUT2D eigenvalue weighted by atomic mass is 35.5. The number of aryl methyl sites for hydroxylation is 1. The summed E-state index contributed by atoms with van der Waals surface area (Å²) < 4.78 is 42.0. The SMILES string of the molecule is CN1CCc2c(n(C)c3cc(-n4ccc(-c5ccc(C(F)(F)F)cn5)cc4=O)ccc23)C1.Cl. The van der Waals surface area contributed by atoms with Gasteiger partial charge in [-0.15, -0.1) is 12.4 Å². The number of likely N-dealkylation sites (N-methyl/N-ethyl adjacent to an activating group) is 1. The Labute approximate surface area is 194 Å². The van der Waals surface area contributed by atoms with Crippen molar-refractivity contribution in [2.75, 3.05) is 13.6 Å². The second kappa shape index (κ2) is 8.35. The topological polar surface area (TPSA) is 43.1 Å². The fourth-order valence-electron chi connectivity index (χ4n) is 4.41. The van der Waals surface area contributed by atoms with Crippen LogP contribution in [0.15, 0.2) is 59.7 Å². The molecule has 0 aliphatic carbocycles. The van der Waals surface area contributed by atoms with Crippen molar-refractivity contribution in [3.05, 3.63) is 82.0 Å². The van der Waals surface area contributed by atoms with Gasteiger partial charge in [0.2, 0.25) is 0 Å². The number of benzene rings is 1. The van der Waals surface area contributed by atoms with Crippen LogP contribution in [0.2, 0.25) is 0 Å². The molecule has 0 amide bonds. The van der Waals surface area contributed by atoms with Gasteiger partial charge in [-0.25, -0.2) is 0 Å². The highest BCUT2D eigenvalue weighted by molar-refractivity contribution is 5.87. The van der Waals surface area contributed by atoms with E-state index in [0.717, 1.165) is 43.0 Å². The minimum atomic E-state index is -4.45. The molecular weight excluding hydrogens is 453 g/mol. The van der Waals surface area contributed by atoms with E-state index in [4.69, 9.17) is 0 Å². The molecule has 172 valence electrons. The molecular formula is C24H22ClF3N4O. The van der Waals surface area contributed by atoms with Crippen LogP contribution in [0, 0.1) is 0 Å². The van der Waals surface area contributed by atoms with Crippen molar-refractivity contribution in [1.29, 1.82) is 0 Å². The number of fused-ring (bicyclic) bond motifs is 3. The van der Waals surface area contributed by atoms with Crippen LogP contribution in [0.25, 0.3) is 27.8 Å². The van der Waals surface area contributed by atoms with Gasteiger partial charge in [0.25, 0.3) is 5.56 Å². The fraction of sp³-hybridized carbons (Fsp3) is 0.250. The molecule has 5 nitrogen and oxygen atoms in total. The number of alkyl halides is 3. The quantitative estimate of drug-likeness (QED) is 0.418. The van der Waals surface area contributed by atoms with Gasteiger partial charge >= 0.3 is 6.18 Å². The number of halogens is 4. The molecule has 0 bridgehead atoms. The summed E-state index contributed by atoms with van der Waals surface area (Å²) in [5.41, 5.74) is 4.16. The van der Waals surface area contributed by atoms with E-state index in [9.17, 15) is 18.0 Å². The van der Waals surface area contributed by atoms with Crippen LogP contribution >= 0.6 is 12.4 Å². The highest BCUT2D eigenvalue weighted by Gasteiger charge is 2.30. The predicted molar refractivity (Wildman–Crippen MR) is 124 cm³/mol. The van der Waals surface area contributed by atoms with E-state index >= 15 is 0 Å². The summed E-state index contributed by atoms with van der Waals surface area (Å²) in [6.45, 7) is 1.91. The van der Waals surface area contributed by atoms with E-state index in [2.05, 4.69) is 27.6 Å². The molecule has 1 aliphatic rings. The zero-order chi connectivity index (χ0) is 22.6. The van der Waals surface area contributed by atoms with Crippen LogP contribution in [0.4, 0.5) is 13.2 Å². The zero-order valence-electron chi connectivity index (χ0n) is 18.1. The molecule has 1 aliphatic heterocycles. The summed E-state index contributed by atoms with van der Waals surface area (Å²) in [4.78, 5) is 19.0. The van der Waals surface area contributed by atoms with Gasteiger partial charge in [-0.1, -0.05) is 6.07 Å². The Bertz CT molecular complexity index is 1390. The first-order valence-electron chi connectivity index (χ1n) is 10.3. The number of nitrogens with zero attached hydrogens (tertiary/aromatic N) is 4. The second-order valence-corrected chi connectivity index (χ2v) is 8.23. The minimum absolute atomic E-state index is 0. The van der Waals surface area contributed by atoms with Crippen LogP contribution in [-0.4, -0.2) is 32.6 Å². The number of aromatic nitrogens is 3. The van der Waals surface area contributed by atoms with Gasteiger partial charge in [-0.2, -0.15) is 13.2 Å². The molecule has 0 N–H and O–H groups in total. The molecule has 1 aromatic carbocycles. The number of rotatable bonds is 2. The van der Waals surface area contributed by atoms with Gasteiger partial charge in [0, 0.05) is 55.2 Å². The maximum atomic E-state index is 12.8. The molecule has 9 heteroatoms. The molecule has 33 heavy (non-hydrogen) atoms. The third kappa shape index (κ3) is 4.05. The van der Waals surface area contributed by atoms with Crippen molar-refractivity contribution < 1.29 is 13.2 Å². The fourth-order valence-corrected chi connectivity index (χ4v) is 4.41. The summed E-state index contributed by atoms with van der Waals surface area (Å²) in [5.74, 6) is 0. The van der Waals surface area contributed by atoms with E-state index < -0.39 is 11.7 Å². The molecule has 0 spiro atoms. The Balaban J connectivity index is 0.00000259. The summed E-state index contributed by atoms with van der Waals surface area (Å²) in [7, 11) is 4.16. The van der Waals surface area contributed by atoms with Gasteiger partial charge in [0.1, 0.15) is 0 Å². The molecule has 0 atom stereocenters. The number of hydrogen-bond acceptors (Lipinski definition) is 3. The molecule has 5 rings (SSSR count). The smallest absolute Gasteiger partial charge is 0.346 e. The average Bonchev–Trinajstić information content (AvgIpc) is 3.04. The number of hydrogen-bond donors (Lipinski definition) is 0. The van der Waals surface area contributed by atoms with Crippen molar-refractivity contribution in [3.8, 4) is 16.9 Å². The lowest BCUT2D eigenvalue weighted by Crippen LogP contribution is -2.27. The first-order valence-corrected chi connectivity index (χ1v) is 10.3. The van der Waals surface area contributed by atoms with E-state index in [1.807, 2.05) is 19.2 Å². The van der Waals surface area contributed by atoms with Gasteiger partial charge < -0.3 is 9.47 Å². The molecule has 4 heterocycles. The summed E-state index contributed by atoms with van der Waals surface area (Å²) >= 11 is 0. The summed E-state index contributed by atoms with van der Waals surface area (Å²) in [6.07, 6.45) is -1.03. The first-order chi connectivity index (χ1) is 15.2. The third-order valence-electron chi connectivity index (χ3n) is 6.17. The molecule has 0 fully saturated rings. The van der Waals surface area contributed by atoms with Gasteiger partial charge in [-0.05, 0) is 49.4 Å². The second-order valence-electron chi connectivity index (χ2n) is 8.23. The molecule has 0 saturated heterocycles. The summed E-state index contributed by atoms with van der Waals surface area (Å²) in [6, 6.07) is 11.3. The van der Waals surface area contributed by atoms with Crippen molar-refractivity contribution in [2.45, 2.75) is 19.1 Å². The monoisotopic (exact) mass is 474 g/mol. The average molecular weight is 475 g/mol.